The Kier molecular flexibility index (Phi) is 4.69. The third kappa shape index (κ3) is 3.96. The smallest absolute Gasteiger partial charge is 0.125 e. The van der Waals surface area contributed by atoms with Crippen LogP contribution in [0.1, 0.15) is 38.0 Å². The fraction of sp³-hybridized carbons (Fsp3) is 0.667. The van der Waals surface area contributed by atoms with Crippen molar-refractivity contribution in [1.82, 2.24) is 15.3 Å². The van der Waals surface area contributed by atoms with E-state index in [9.17, 15) is 0 Å². The van der Waals surface area contributed by atoms with Gasteiger partial charge in [0.2, 0.25) is 0 Å². The number of aromatic nitrogens is 2. The van der Waals surface area contributed by atoms with Crippen molar-refractivity contribution in [2.24, 2.45) is 0 Å². The number of nitrogens with one attached hydrogen (secondary N) is 1. The number of likely N-dealkylation sites (N-methyl/N-ethyl adjacent to an activating group) is 1. The van der Waals surface area contributed by atoms with E-state index >= 15 is 0 Å². The van der Waals surface area contributed by atoms with Crippen LogP contribution in [-0.2, 0) is 12.8 Å². The Bertz CT molecular complexity index is 310. The number of hydrogen-bond donors (Lipinski definition) is 1. The molecule has 0 saturated carbocycles. The van der Waals surface area contributed by atoms with E-state index < -0.39 is 0 Å². The van der Waals surface area contributed by atoms with Crippen molar-refractivity contribution in [2.45, 2.75) is 46.6 Å². The molecule has 0 aliphatic heterocycles. The summed E-state index contributed by atoms with van der Waals surface area (Å²) in [4.78, 5) is 8.83. The summed E-state index contributed by atoms with van der Waals surface area (Å²) in [5, 5.41) is 3.39. The van der Waals surface area contributed by atoms with Crippen molar-refractivity contribution in [2.75, 3.05) is 6.54 Å². The van der Waals surface area contributed by atoms with Gasteiger partial charge in [-0.05, 0) is 32.9 Å². The van der Waals surface area contributed by atoms with Gasteiger partial charge in [-0.15, -0.1) is 0 Å². The van der Waals surface area contributed by atoms with Crippen LogP contribution in [-0.4, -0.2) is 22.6 Å². The van der Waals surface area contributed by atoms with E-state index in [1.54, 1.807) is 0 Å². The Morgan fingerprint density at radius 2 is 1.93 bits per heavy atom. The molecule has 0 bridgehead atoms. The molecule has 0 fully saturated rings. The van der Waals surface area contributed by atoms with E-state index in [4.69, 9.17) is 0 Å². The SMILES string of the molecule is CCNC(C)Cc1cc(CC)nc(C)n1. The van der Waals surface area contributed by atoms with Crippen LogP contribution in [0, 0.1) is 6.92 Å². The van der Waals surface area contributed by atoms with Crippen molar-refractivity contribution < 1.29 is 0 Å². The molecule has 1 aromatic rings. The van der Waals surface area contributed by atoms with Crippen LogP contribution in [0.5, 0.6) is 0 Å². The van der Waals surface area contributed by atoms with Gasteiger partial charge >= 0.3 is 0 Å². The Labute approximate surface area is 92.3 Å². The first-order valence-electron chi connectivity index (χ1n) is 5.72. The summed E-state index contributed by atoms with van der Waals surface area (Å²) in [7, 11) is 0. The zero-order valence-corrected chi connectivity index (χ0v) is 10.2. The molecular formula is C12H21N3. The second-order valence-corrected chi connectivity index (χ2v) is 3.91. The highest BCUT2D eigenvalue weighted by Crippen LogP contribution is 2.05. The van der Waals surface area contributed by atoms with Gasteiger partial charge in [-0.3, -0.25) is 0 Å². The molecule has 0 spiro atoms. The zero-order valence-electron chi connectivity index (χ0n) is 10.2. The second kappa shape index (κ2) is 5.81. The maximum absolute atomic E-state index is 4.45. The summed E-state index contributed by atoms with van der Waals surface area (Å²) >= 11 is 0. The molecule has 0 aromatic carbocycles. The van der Waals surface area contributed by atoms with E-state index in [0.29, 0.717) is 6.04 Å². The van der Waals surface area contributed by atoms with E-state index in [-0.39, 0.29) is 0 Å². The Balaban J connectivity index is 2.71. The number of nitrogens with zero attached hydrogens (tertiary/aromatic N) is 2. The monoisotopic (exact) mass is 207 g/mol. The molecule has 1 atom stereocenters. The number of rotatable bonds is 5. The predicted molar refractivity (Wildman–Crippen MR) is 63.0 cm³/mol. The lowest BCUT2D eigenvalue weighted by Crippen LogP contribution is -2.28. The summed E-state index contributed by atoms with van der Waals surface area (Å²) in [6.07, 6.45) is 1.95. The lowest BCUT2D eigenvalue weighted by Gasteiger charge is -2.12. The van der Waals surface area contributed by atoms with Gasteiger partial charge in [-0.2, -0.15) is 0 Å². The predicted octanol–water partition coefficient (Wildman–Crippen LogP) is 1.89. The molecule has 1 N–H and O–H groups in total. The van der Waals surface area contributed by atoms with Crippen molar-refractivity contribution >= 4 is 0 Å². The highest BCUT2D eigenvalue weighted by molar-refractivity contribution is 5.12. The first-order chi connectivity index (χ1) is 7.15. The average Bonchev–Trinajstić information content (AvgIpc) is 2.17. The molecule has 0 amide bonds. The van der Waals surface area contributed by atoms with Gasteiger partial charge in [0, 0.05) is 23.9 Å². The van der Waals surface area contributed by atoms with Crippen LogP contribution in [0.15, 0.2) is 6.07 Å². The van der Waals surface area contributed by atoms with Crippen molar-refractivity contribution in [1.29, 1.82) is 0 Å². The molecule has 1 heterocycles. The Morgan fingerprint density at radius 3 is 2.53 bits per heavy atom. The minimum Gasteiger partial charge on any atom is -0.314 e. The molecule has 3 heteroatoms. The van der Waals surface area contributed by atoms with Gasteiger partial charge in [0.25, 0.3) is 0 Å². The third-order valence-corrected chi connectivity index (χ3v) is 2.37. The van der Waals surface area contributed by atoms with Gasteiger partial charge < -0.3 is 5.32 Å². The van der Waals surface area contributed by atoms with Crippen LogP contribution in [0.3, 0.4) is 0 Å². The standard InChI is InChI=1S/C12H21N3/c1-5-11-8-12(15-10(4)14-11)7-9(3)13-6-2/h8-9,13H,5-7H2,1-4H3. The van der Waals surface area contributed by atoms with Crippen LogP contribution in [0.4, 0.5) is 0 Å². The minimum atomic E-state index is 0.481. The van der Waals surface area contributed by atoms with E-state index in [2.05, 4.69) is 42.1 Å². The fourth-order valence-corrected chi connectivity index (χ4v) is 1.72. The summed E-state index contributed by atoms with van der Waals surface area (Å²) in [5.41, 5.74) is 2.29. The van der Waals surface area contributed by atoms with Crippen LogP contribution in [0.2, 0.25) is 0 Å². The molecule has 0 aliphatic carbocycles. The maximum atomic E-state index is 4.45. The van der Waals surface area contributed by atoms with Crippen LogP contribution < -0.4 is 5.32 Å². The minimum absolute atomic E-state index is 0.481. The van der Waals surface area contributed by atoms with Crippen molar-refractivity contribution in [3.8, 4) is 0 Å². The van der Waals surface area contributed by atoms with Gasteiger partial charge in [0.05, 0.1) is 0 Å². The maximum Gasteiger partial charge on any atom is 0.125 e. The van der Waals surface area contributed by atoms with E-state index in [1.807, 2.05) is 6.92 Å². The first kappa shape index (κ1) is 12.1. The molecule has 15 heavy (non-hydrogen) atoms. The lowest BCUT2D eigenvalue weighted by molar-refractivity contribution is 0.557. The van der Waals surface area contributed by atoms with E-state index in [0.717, 1.165) is 36.6 Å². The normalized spacial score (nSPS) is 12.8. The highest BCUT2D eigenvalue weighted by Gasteiger charge is 2.05. The summed E-state index contributed by atoms with van der Waals surface area (Å²) < 4.78 is 0. The van der Waals surface area contributed by atoms with Crippen LogP contribution in [0.25, 0.3) is 0 Å². The topological polar surface area (TPSA) is 37.8 Å². The Hall–Kier alpha value is -0.960. The second-order valence-electron chi connectivity index (χ2n) is 3.91. The molecule has 0 radical (unpaired) electrons. The van der Waals surface area contributed by atoms with Crippen molar-refractivity contribution in [3.05, 3.63) is 23.3 Å². The van der Waals surface area contributed by atoms with Crippen LogP contribution >= 0.6 is 0 Å². The summed E-state index contributed by atoms with van der Waals surface area (Å²) in [6, 6.07) is 2.59. The van der Waals surface area contributed by atoms with Gasteiger partial charge in [-0.25, -0.2) is 9.97 Å². The fourth-order valence-electron chi connectivity index (χ4n) is 1.72. The largest absolute Gasteiger partial charge is 0.314 e. The first-order valence-corrected chi connectivity index (χ1v) is 5.72. The highest BCUT2D eigenvalue weighted by atomic mass is 14.9. The molecule has 84 valence electrons. The quantitative estimate of drug-likeness (QED) is 0.801. The van der Waals surface area contributed by atoms with Gasteiger partial charge in [0.15, 0.2) is 0 Å². The molecular weight excluding hydrogens is 186 g/mol. The third-order valence-electron chi connectivity index (χ3n) is 2.37. The Morgan fingerprint density at radius 1 is 1.27 bits per heavy atom. The summed E-state index contributed by atoms with van der Waals surface area (Å²) in [5.74, 6) is 0.882. The average molecular weight is 207 g/mol. The van der Waals surface area contributed by atoms with Gasteiger partial charge in [0.1, 0.15) is 5.82 Å². The lowest BCUT2D eigenvalue weighted by atomic mass is 10.1. The number of aryl methyl sites for hydroxylation is 2. The molecule has 1 unspecified atom stereocenters. The molecule has 1 rings (SSSR count). The number of hydrogen-bond acceptors (Lipinski definition) is 3. The zero-order chi connectivity index (χ0) is 11.3. The van der Waals surface area contributed by atoms with Gasteiger partial charge in [-0.1, -0.05) is 13.8 Å². The molecule has 0 aliphatic rings. The van der Waals surface area contributed by atoms with E-state index in [1.165, 1.54) is 0 Å². The molecule has 1 aromatic heterocycles. The molecule has 3 nitrogen and oxygen atoms in total. The van der Waals surface area contributed by atoms with Crippen molar-refractivity contribution in [3.63, 3.8) is 0 Å². The molecule has 0 saturated heterocycles. The summed E-state index contributed by atoms with van der Waals surface area (Å²) in [6.45, 7) is 9.40.